The van der Waals surface area contributed by atoms with Crippen molar-refractivity contribution in [3.05, 3.63) is 28.4 Å². The van der Waals surface area contributed by atoms with Crippen molar-refractivity contribution < 1.29 is 4.92 Å². The predicted octanol–water partition coefficient (Wildman–Crippen LogP) is 1.82. The lowest BCUT2D eigenvalue weighted by molar-refractivity contribution is -0.388. The van der Waals surface area contributed by atoms with Crippen LogP contribution < -0.4 is 10.2 Å². The van der Waals surface area contributed by atoms with Gasteiger partial charge in [0.2, 0.25) is 0 Å². The summed E-state index contributed by atoms with van der Waals surface area (Å²) in [6.45, 7) is 5.69. The highest BCUT2D eigenvalue weighted by Crippen LogP contribution is 2.26. The number of rotatable bonds is 5. The first-order chi connectivity index (χ1) is 9.22. The fourth-order valence-corrected chi connectivity index (χ4v) is 2.57. The summed E-state index contributed by atoms with van der Waals surface area (Å²) >= 11 is 0. The monoisotopic (exact) mass is 264 g/mol. The van der Waals surface area contributed by atoms with Gasteiger partial charge in [0.05, 0.1) is 0 Å². The highest BCUT2D eigenvalue weighted by molar-refractivity contribution is 5.58. The first-order valence-electron chi connectivity index (χ1n) is 6.77. The Morgan fingerprint density at radius 3 is 3.11 bits per heavy atom. The number of aromatic nitrogens is 1. The number of anilines is 1. The summed E-state index contributed by atoms with van der Waals surface area (Å²) in [6, 6.07) is 3.54. The number of nitro groups is 1. The van der Waals surface area contributed by atoms with Gasteiger partial charge in [0.25, 0.3) is 0 Å². The molecule has 1 aliphatic heterocycles. The van der Waals surface area contributed by atoms with Crippen LogP contribution in [0.4, 0.5) is 11.5 Å². The molecule has 1 aromatic rings. The molecule has 1 fully saturated rings. The zero-order valence-corrected chi connectivity index (χ0v) is 11.2. The van der Waals surface area contributed by atoms with Crippen LogP contribution in [0.25, 0.3) is 0 Å². The molecule has 1 N–H and O–H groups in total. The molecule has 0 aromatic carbocycles. The van der Waals surface area contributed by atoms with Crippen molar-refractivity contribution in [1.82, 2.24) is 10.3 Å². The molecule has 1 aliphatic rings. The minimum atomic E-state index is -0.406. The maximum atomic E-state index is 11.0. The van der Waals surface area contributed by atoms with Crippen molar-refractivity contribution in [3.63, 3.8) is 0 Å². The lowest BCUT2D eigenvalue weighted by atomic mass is 9.99. The van der Waals surface area contributed by atoms with Crippen LogP contribution in [-0.4, -0.2) is 36.1 Å². The highest BCUT2D eigenvalue weighted by Gasteiger charge is 2.22. The molecule has 1 unspecified atom stereocenters. The van der Waals surface area contributed by atoms with Crippen molar-refractivity contribution in [2.75, 3.05) is 31.1 Å². The van der Waals surface area contributed by atoms with E-state index in [-0.39, 0.29) is 5.82 Å². The smallest absolute Gasteiger partial charge is 0.365 e. The standard InChI is InChI=1S/C13H20N4O2/c1-2-16(10-11-5-3-7-14-9-11)12-6-4-8-15-13(12)17(18)19/h4,6,8,11,14H,2-3,5,7,9-10H2,1H3. The van der Waals surface area contributed by atoms with Crippen LogP contribution in [-0.2, 0) is 0 Å². The topological polar surface area (TPSA) is 71.3 Å². The van der Waals surface area contributed by atoms with Gasteiger partial charge >= 0.3 is 5.82 Å². The molecule has 1 aromatic heterocycles. The number of hydrogen-bond donors (Lipinski definition) is 1. The molecule has 0 bridgehead atoms. The zero-order valence-electron chi connectivity index (χ0n) is 11.2. The molecule has 1 saturated heterocycles. The summed E-state index contributed by atoms with van der Waals surface area (Å²) in [6.07, 6.45) is 3.83. The minimum absolute atomic E-state index is 0.0480. The molecule has 19 heavy (non-hydrogen) atoms. The van der Waals surface area contributed by atoms with E-state index < -0.39 is 4.92 Å². The van der Waals surface area contributed by atoms with E-state index in [1.165, 1.54) is 19.0 Å². The first kappa shape index (κ1) is 13.7. The van der Waals surface area contributed by atoms with Gasteiger partial charge in [-0.2, -0.15) is 0 Å². The van der Waals surface area contributed by atoms with Crippen molar-refractivity contribution in [2.24, 2.45) is 5.92 Å². The Morgan fingerprint density at radius 1 is 1.63 bits per heavy atom. The molecule has 6 heteroatoms. The molecule has 1 atom stereocenters. The molecule has 2 heterocycles. The van der Waals surface area contributed by atoms with Gasteiger partial charge in [0, 0.05) is 13.1 Å². The third-order valence-electron chi connectivity index (χ3n) is 3.54. The normalized spacial score (nSPS) is 19.1. The van der Waals surface area contributed by atoms with E-state index in [4.69, 9.17) is 0 Å². The summed E-state index contributed by atoms with van der Waals surface area (Å²) in [7, 11) is 0. The van der Waals surface area contributed by atoms with Crippen LogP contribution in [0.15, 0.2) is 18.3 Å². The van der Waals surface area contributed by atoms with Crippen LogP contribution in [0, 0.1) is 16.0 Å². The SMILES string of the molecule is CCN(CC1CCCNC1)c1cccnc1[N+](=O)[O-]. The molecule has 0 radical (unpaired) electrons. The van der Waals surface area contributed by atoms with E-state index >= 15 is 0 Å². The molecule has 0 spiro atoms. The Morgan fingerprint density at radius 2 is 2.47 bits per heavy atom. The van der Waals surface area contributed by atoms with Gasteiger partial charge in [-0.05, 0) is 60.8 Å². The third-order valence-corrected chi connectivity index (χ3v) is 3.54. The minimum Gasteiger partial charge on any atom is -0.365 e. The van der Waals surface area contributed by atoms with Gasteiger partial charge in [-0.1, -0.05) is 0 Å². The molecular weight excluding hydrogens is 244 g/mol. The van der Waals surface area contributed by atoms with E-state index in [0.717, 1.165) is 26.2 Å². The lowest BCUT2D eigenvalue weighted by Crippen LogP contribution is -2.38. The molecule has 0 amide bonds. The first-order valence-corrected chi connectivity index (χ1v) is 6.77. The van der Waals surface area contributed by atoms with E-state index in [9.17, 15) is 10.1 Å². The van der Waals surface area contributed by atoms with Gasteiger partial charge in [0.1, 0.15) is 11.9 Å². The van der Waals surface area contributed by atoms with E-state index in [1.54, 1.807) is 12.1 Å². The fourth-order valence-electron chi connectivity index (χ4n) is 2.57. The maximum absolute atomic E-state index is 11.0. The van der Waals surface area contributed by atoms with E-state index in [2.05, 4.69) is 15.2 Å². The second-order valence-corrected chi connectivity index (χ2v) is 4.85. The second kappa shape index (κ2) is 6.47. The number of nitrogens with zero attached hydrogens (tertiary/aromatic N) is 3. The number of nitrogens with one attached hydrogen (secondary N) is 1. The predicted molar refractivity (Wildman–Crippen MR) is 74.4 cm³/mol. The number of piperidine rings is 1. The average molecular weight is 264 g/mol. The van der Waals surface area contributed by atoms with Crippen LogP contribution in [0.5, 0.6) is 0 Å². The van der Waals surface area contributed by atoms with Crippen LogP contribution >= 0.6 is 0 Å². The summed E-state index contributed by atoms with van der Waals surface area (Å²) in [4.78, 5) is 16.6. The van der Waals surface area contributed by atoms with Gasteiger partial charge in [-0.25, -0.2) is 0 Å². The van der Waals surface area contributed by atoms with Gasteiger partial charge in [-0.3, -0.25) is 0 Å². The third kappa shape index (κ3) is 3.41. The Balaban J connectivity index is 2.14. The van der Waals surface area contributed by atoms with Gasteiger partial charge < -0.3 is 20.3 Å². The van der Waals surface area contributed by atoms with Gasteiger partial charge in [0.15, 0.2) is 0 Å². The van der Waals surface area contributed by atoms with Crippen LogP contribution in [0.1, 0.15) is 19.8 Å². The largest absolute Gasteiger partial charge is 0.387 e. The van der Waals surface area contributed by atoms with E-state index in [0.29, 0.717) is 11.6 Å². The Bertz CT molecular complexity index is 432. The van der Waals surface area contributed by atoms with Crippen molar-refractivity contribution >= 4 is 11.5 Å². The summed E-state index contributed by atoms with van der Waals surface area (Å²) in [5.41, 5.74) is 0.626. The fraction of sp³-hybridized carbons (Fsp3) is 0.615. The Labute approximate surface area is 113 Å². The second-order valence-electron chi connectivity index (χ2n) is 4.85. The average Bonchev–Trinajstić information content (AvgIpc) is 2.46. The summed E-state index contributed by atoms with van der Waals surface area (Å²) in [5, 5.41) is 14.4. The molecule has 0 saturated carbocycles. The number of pyridine rings is 1. The maximum Gasteiger partial charge on any atom is 0.387 e. The van der Waals surface area contributed by atoms with Gasteiger partial charge in [-0.15, -0.1) is 0 Å². The summed E-state index contributed by atoms with van der Waals surface area (Å²) in [5.74, 6) is 0.502. The quantitative estimate of drug-likeness (QED) is 0.648. The molecule has 2 rings (SSSR count). The van der Waals surface area contributed by atoms with Crippen molar-refractivity contribution in [2.45, 2.75) is 19.8 Å². The zero-order chi connectivity index (χ0) is 13.7. The molecular formula is C13H20N4O2. The van der Waals surface area contributed by atoms with Crippen molar-refractivity contribution in [1.29, 1.82) is 0 Å². The summed E-state index contributed by atoms with van der Waals surface area (Å²) < 4.78 is 0. The molecule has 104 valence electrons. The lowest BCUT2D eigenvalue weighted by Gasteiger charge is -2.30. The highest BCUT2D eigenvalue weighted by atomic mass is 16.6. The van der Waals surface area contributed by atoms with Crippen molar-refractivity contribution in [3.8, 4) is 0 Å². The molecule has 6 nitrogen and oxygen atoms in total. The van der Waals surface area contributed by atoms with E-state index in [1.807, 2.05) is 6.92 Å². The van der Waals surface area contributed by atoms with Crippen LogP contribution in [0.2, 0.25) is 0 Å². The molecule has 0 aliphatic carbocycles. The van der Waals surface area contributed by atoms with Crippen LogP contribution in [0.3, 0.4) is 0 Å². The number of hydrogen-bond acceptors (Lipinski definition) is 5. The Kier molecular flexibility index (Phi) is 4.68. The Hall–Kier alpha value is -1.69.